The zero-order valence-corrected chi connectivity index (χ0v) is 8.29. The van der Waals surface area contributed by atoms with E-state index in [-0.39, 0.29) is 6.04 Å². The van der Waals surface area contributed by atoms with Gasteiger partial charge >= 0.3 is 0 Å². The van der Waals surface area contributed by atoms with E-state index in [0.29, 0.717) is 24.7 Å². The first-order valence-electron chi connectivity index (χ1n) is 5.01. The number of hydrogen-bond donors (Lipinski definition) is 1. The van der Waals surface area contributed by atoms with Crippen LogP contribution in [0.15, 0.2) is 0 Å². The first kappa shape index (κ1) is 10.7. The molecule has 2 N–H and O–H groups in total. The number of ketones is 1. The zero-order chi connectivity index (χ0) is 9.68. The highest BCUT2D eigenvalue weighted by atomic mass is 16.5. The van der Waals surface area contributed by atoms with Crippen LogP contribution in [-0.4, -0.2) is 25.5 Å². The predicted molar refractivity (Wildman–Crippen MR) is 51.4 cm³/mol. The molecule has 3 nitrogen and oxygen atoms in total. The minimum atomic E-state index is -0.113. The summed E-state index contributed by atoms with van der Waals surface area (Å²) < 4.78 is 4.89. The number of nitrogens with two attached hydrogens (primary N) is 1. The Morgan fingerprint density at radius 2 is 2.15 bits per heavy atom. The molecule has 13 heavy (non-hydrogen) atoms. The molecule has 1 atom stereocenters. The second-order valence-corrected chi connectivity index (χ2v) is 3.87. The van der Waals surface area contributed by atoms with Gasteiger partial charge in [0.2, 0.25) is 0 Å². The summed E-state index contributed by atoms with van der Waals surface area (Å²) in [5, 5.41) is 0. The summed E-state index contributed by atoms with van der Waals surface area (Å²) in [5.74, 6) is 0.630. The standard InChI is InChI=1S/C10H19NO2/c1-13-7-9(11)6-10(12)8-4-2-3-5-8/h8-9H,2-7,11H2,1H3. The molecule has 0 aromatic rings. The van der Waals surface area contributed by atoms with Gasteiger partial charge in [-0.25, -0.2) is 0 Å². The molecular formula is C10H19NO2. The number of hydrogen-bond acceptors (Lipinski definition) is 3. The van der Waals surface area contributed by atoms with Gasteiger partial charge in [0.15, 0.2) is 0 Å². The molecular weight excluding hydrogens is 166 g/mol. The summed E-state index contributed by atoms with van der Waals surface area (Å²) >= 11 is 0. The van der Waals surface area contributed by atoms with Gasteiger partial charge in [0.05, 0.1) is 6.61 Å². The van der Waals surface area contributed by atoms with E-state index in [4.69, 9.17) is 10.5 Å². The Morgan fingerprint density at radius 1 is 1.54 bits per heavy atom. The number of Topliss-reactive ketones (excluding diaryl/α,β-unsaturated/α-hetero) is 1. The maximum atomic E-state index is 11.6. The molecule has 0 saturated heterocycles. The Morgan fingerprint density at radius 3 is 2.69 bits per heavy atom. The normalized spacial score (nSPS) is 20.5. The molecule has 3 heteroatoms. The van der Waals surface area contributed by atoms with Crippen molar-refractivity contribution in [1.82, 2.24) is 0 Å². The van der Waals surface area contributed by atoms with Crippen molar-refractivity contribution in [2.75, 3.05) is 13.7 Å². The average molecular weight is 185 g/mol. The minimum absolute atomic E-state index is 0.113. The first-order chi connectivity index (χ1) is 6.24. The summed E-state index contributed by atoms with van der Waals surface area (Å²) in [6.45, 7) is 0.485. The van der Waals surface area contributed by atoms with Gasteiger partial charge in [-0.15, -0.1) is 0 Å². The van der Waals surface area contributed by atoms with Crippen molar-refractivity contribution in [2.24, 2.45) is 11.7 Å². The predicted octanol–water partition coefficient (Wildman–Crippen LogP) is 1.11. The Kier molecular flexibility index (Phi) is 4.39. The highest BCUT2D eigenvalue weighted by molar-refractivity contribution is 5.81. The van der Waals surface area contributed by atoms with Crippen LogP contribution >= 0.6 is 0 Å². The summed E-state index contributed by atoms with van der Waals surface area (Å²) in [6.07, 6.45) is 5.03. The molecule has 0 spiro atoms. The molecule has 1 aliphatic carbocycles. The molecule has 0 amide bonds. The number of methoxy groups -OCH3 is 1. The van der Waals surface area contributed by atoms with Crippen molar-refractivity contribution in [3.63, 3.8) is 0 Å². The van der Waals surface area contributed by atoms with Crippen LogP contribution < -0.4 is 5.73 Å². The summed E-state index contributed by atoms with van der Waals surface area (Å²) in [6, 6.07) is -0.113. The van der Waals surface area contributed by atoms with Crippen molar-refractivity contribution in [3.8, 4) is 0 Å². The monoisotopic (exact) mass is 185 g/mol. The van der Waals surface area contributed by atoms with Gasteiger partial charge in [-0.3, -0.25) is 4.79 Å². The molecule has 1 aliphatic rings. The number of ether oxygens (including phenoxy) is 1. The number of carbonyl (C=O) groups is 1. The molecule has 0 aliphatic heterocycles. The Balaban J connectivity index is 2.23. The molecule has 1 rings (SSSR count). The fraction of sp³-hybridized carbons (Fsp3) is 0.900. The van der Waals surface area contributed by atoms with Crippen molar-refractivity contribution >= 4 is 5.78 Å². The molecule has 0 radical (unpaired) electrons. The van der Waals surface area contributed by atoms with E-state index in [1.54, 1.807) is 7.11 Å². The third-order valence-corrected chi connectivity index (χ3v) is 2.65. The first-order valence-corrected chi connectivity index (χ1v) is 5.01. The van der Waals surface area contributed by atoms with E-state index in [9.17, 15) is 4.79 Å². The molecule has 1 saturated carbocycles. The van der Waals surface area contributed by atoms with Crippen LogP contribution in [0.1, 0.15) is 32.1 Å². The molecule has 0 aromatic carbocycles. The Hall–Kier alpha value is -0.410. The van der Waals surface area contributed by atoms with E-state index in [1.165, 1.54) is 12.8 Å². The second-order valence-electron chi connectivity index (χ2n) is 3.87. The maximum absolute atomic E-state index is 11.6. The van der Waals surface area contributed by atoms with Crippen molar-refractivity contribution in [1.29, 1.82) is 0 Å². The van der Waals surface area contributed by atoms with Crippen molar-refractivity contribution in [2.45, 2.75) is 38.1 Å². The number of carbonyl (C=O) groups excluding carboxylic acids is 1. The van der Waals surface area contributed by atoms with E-state index >= 15 is 0 Å². The average Bonchev–Trinajstić information content (AvgIpc) is 2.55. The van der Waals surface area contributed by atoms with Crippen LogP contribution in [0.2, 0.25) is 0 Å². The molecule has 0 bridgehead atoms. The summed E-state index contributed by atoms with van der Waals surface area (Å²) in [7, 11) is 1.61. The lowest BCUT2D eigenvalue weighted by Gasteiger charge is -2.12. The van der Waals surface area contributed by atoms with Crippen LogP contribution in [0.25, 0.3) is 0 Å². The van der Waals surface area contributed by atoms with Gasteiger partial charge in [0, 0.05) is 25.5 Å². The lowest BCUT2D eigenvalue weighted by Crippen LogP contribution is -2.30. The third-order valence-electron chi connectivity index (χ3n) is 2.65. The highest BCUT2D eigenvalue weighted by Gasteiger charge is 2.23. The fourth-order valence-electron chi connectivity index (χ4n) is 1.95. The van der Waals surface area contributed by atoms with Crippen LogP contribution in [-0.2, 0) is 9.53 Å². The summed E-state index contributed by atoms with van der Waals surface area (Å²) in [4.78, 5) is 11.6. The van der Waals surface area contributed by atoms with Crippen LogP contribution in [0.4, 0.5) is 0 Å². The summed E-state index contributed by atoms with van der Waals surface area (Å²) in [5.41, 5.74) is 5.71. The second kappa shape index (κ2) is 5.35. The topological polar surface area (TPSA) is 52.3 Å². The number of rotatable bonds is 5. The van der Waals surface area contributed by atoms with E-state index in [1.807, 2.05) is 0 Å². The molecule has 76 valence electrons. The van der Waals surface area contributed by atoms with Gasteiger partial charge in [0.1, 0.15) is 5.78 Å². The SMILES string of the molecule is COCC(N)CC(=O)C1CCCC1. The van der Waals surface area contributed by atoms with Gasteiger partial charge in [0.25, 0.3) is 0 Å². The Bertz CT molecular complexity index is 164. The lowest BCUT2D eigenvalue weighted by atomic mass is 9.97. The molecule has 0 aromatic heterocycles. The van der Waals surface area contributed by atoms with Crippen LogP contribution in [0.3, 0.4) is 0 Å². The van der Waals surface area contributed by atoms with Gasteiger partial charge in [-0.2, -0.15) is 0 Å². The van der Waals surface area contributed by atoms with Gasteiger partial charge < -0.3 is 10.5 Å². The van der Waals surface area contributed by atoms with Crippen molar-refractivity contribution < 1.29 is 9.53 Å². The van der Waals surface area contributed by atoms with Crippen molar-refractivity contribution in [3.05, 3.63) is 0 Å². The Labute approximate surface area is 79.6 Å². The smallest absolute Gasteiger partial charge is 0.137 e. The van der Waals surface area contributed by atoms with Crippen LogP contribution in [0, 0.1) is 5.92 Å². The fourth-order valence-corrected chi connectivity index (χ4v) is 1.95. The zero-order valence-electron chi connectivity index (χ0n) is 8.29. The molecule has 0 heterocycles. The maximum Gasteiger partial charge on any atom is 0.137 e. The third kappa shape index (κ3) is 3.44. The molecule has 1 unspecified atom stereocenters. The quantitative estimate of drug-likeness (QED) is 0.698. The lowest BCUT2D eigenvalue weighted by molar-refractivity contribution is -0.123. The van der Waals surface area contributed by atoms with Crippen LogP contribution in [0.5, 0.6) is 0 Å². The molecule has 1 fully saturated rings. The largest absolute Gasteiger partial charge is 0.383 e. The van der Waals surface area contributed by atoms with Gasteiger partial charge in [-0.1, -0.05) is 12.8 Å². The van der Waals surface area contributed by atoms with Gasteiger partial charge in [-0.05, 0) is 12.8 Å². The van der Waals surface area contributed by atoms with E-state index in [0.717, 1.165) is 12.8 Å². The minimum Gasteiger partial charge on any atom is -0.383 e. The van der Waals surface area contributed by atoms with E-state index < -0.39 is 0 Å². The van der Waals surface area contributed by atoms with E-state index in [2.05, 4.69) is 0 Å². The highest BCUT2D eigenvalue weighted by Crippen LogP contribution is 2.26.